The van der Waals surface area contributed by atoms with Gasteiger partial charge in [-0.3, -0.25) is 0 Å². The zero-order valence-corrected chi connectivity index (χ0v) is 35.6. The predicted molar refractivity (Wildman–Crippen MR) is 266 cm³/mol. The largest absolute Gasteiger partial charge is 0.310 e. The van der Waals surface area contributed by atoms with Gasteiger partial charge in [-0.15, -0.1) is 0 Å². The molecule has 1 nitrogen and oxygen atoms in total. The van der Waals surface area contributed by atoms with E-state index < -0.39 is 5.41 Å². The quantitative estimate of drug-likeness (QED) is 0.155. The summed E-state index contributed by atoms with van der Waals surface area (Å²) in [5.41, 5.74) is 25.3. The molecule has 0 bridgehead atoms. The number of benzene rings is 9. The van der Waals surface area contributed by atoms with Crippen LogP contribution in [0.1, 0.15) is 58.4 Å². The highest BCUT2D eigenvalue weighted by atomic mass is 15.1. The molecular formula is C62H45N. The van der Waals surface area contributed by atoms with Crippen LogP contribution in [-0.4, -0.2) is 0 Å². The highest BCUT2D eigenvalue weighted by Gasteiger charge is 2.53. The lowest BCUT2D eigenvalue weighted by molar-refractivity contribution is 0.660. The summed E-state index contributed by atoms with van der Waals surface area (Å²) >= 11 is 0. The van der Waals surface area contributed by atoms with Crippen LogP contribution in [0.4, 0.5) is 17.1 Å². The Hall–Kier alpha value is -7.74. The Balaban J connectivity index is 1.11. The smallest absolute Gasteiger partial charge is 0.0731 e. The molecule has 0 saturated heterocycles. The molecule has 0 saturated carbocycles. The van der Waals surface area contributed by atoms with Gasteiger partial charge in [-0.25, -0.2) is 0 Å². The van der Waals surface area contributed by atoms with Gasteiger partial charge in [0.25, 0.3) is 0 Å². The molecule has 3 aliphatic rings. The van der Waals surface area contributed by atoms with E-state index in [0.29, 0.717) is 0 Å². The van der Waals surface area contributed by atoms with Crippen LogP contribution in [0.15, 0.2) is 213 Å². The van der Waals surface area contributed by atoms with E-state index >= 15 is 0 Å². The highest BCUT2D eigenvalue weighted by molar-refractivity contribution is 6.00. The van der Waals surface area contributed by atoms with Gasteiger partial charge in [0.15, 0.2) is 0 Å². The number of hydrogen-bond acceptors (Lipinski definition) is 1. The second kappa shape index (κ2) is 13.9. The Morgan fingerprint density at radius 1 is 0.365 bits per heavy atom. The highest BCUT2D eigenvalue weighted by Crippen LogP contribution is 2.65. The van der Waals surface area contributed by atoms with Crippen molar-refractivity contribution in [2.24, 2.45) is 0 Å². The second-order valence-corrected chi connectivity index (χ2v) is 17.7. The molecule has 0 unspecified atom stereocenters. The maximum atomic E-state index is 4.22. The topological polar surface area (TPSA) is 3.24 Å². The lowest BCUT2D eigenvalue weighted by Crippen LogP contribution is -2.27. The summed E-state index contributed by atoms with van der Waals surface area (Å²) in [6, 6.07) is 74.6. The van der Waals surface area contributed by atoms with Crippen molar-refractivity contribution in [2.75, 3.05) is 4.90 Å². The monoisotopic (exact) mass is 803 g/mol. The molecule has 1 spiro atoms. The summed E-state index contributed by atoms with van der Waals surface area (Å²) in [6.45, 7) is 13.2. The molecule has 63 heavy (non-hydrogen) atoms. The van der Waals surface area contributed by atoms with Crippen molar-refractivity contribution >= 4 is 29.2 Å². The molecule has 0 aliphatic heterocycles. The predicted octanol–water partition coefficient (Wildman–Crippen LogP) is 16.4. The first-order chi connectivity index (χ1) is 30.9. The summed E-state index contributed by atoms with van der Waals surface area (Å²) < 4.78 is 0. The van der Waals surface area contributed by atoms with Gasteiger partial charge in [-0.1, -0.05) is 197 Å². The van der Waals surface area contributed by atoms with Crippen molar-refractivity contribution in [3.63, 3.8) is 0 Å². The first kappa shape index (κ1) is 37.1. The summed E-state index contributed by atoms with van der Waals surface area (Å²) in [5, 5.41) is 0. The molecule has 3 aliphatic carbocycles. The van der Waals surface area contributed by atoms with Gasteiger partial charge in [-0.2, -0.15) is 0 Å². The van der Waals surface area contributed by atoms with E-state index in [1.807, 2.05) is 12.2 Å². The molecule has 12 rings (SSSR count). The van der Waals surface area contributed by atoms with Gasteiger partial charge in [0.1, 0.15) is 0 Å². The average Bonchev–Trinajstić information content (AvgIpc) is 3.89. The van der Waals surface area contributed by atoms with Crippen LogP contribution in [0.5, 0.6) is 0 Å². The molecule has 0 atom stereocenters. The van der Waals surface area contributed by atoms with Crippen molar-refractivity contribution in [3.05, 3.63) is 258 Å². The lowest BCUT2D eigenvalue weighted by Gasteiger charge is -2.33. The maximum Gasteiger partial charge on any atom is 0.0731 e. The fourth-order valence-corrected chi connectivity index (χ4v) is 11.4. The second-order valence-electron chi connectivity index (χ2n) is 17.7. The van der Waals surface area contributed by atoms with E-state index in [1.165, 1.54) is 89.0 Å². The van der Waals surface area contributed by atoms with Crippen LogP contribution >= 0.6 is 0 Å². The van der Waals surface area contributed by atoms with Crippen molar-refractivity contribution in [1.29, 1.82) is 0 Å². The minimum Gasteiger partial charge on any atom is -0.310 e. The number of nitrogens with zero attached hydrogens (tertiary/aromatic N) is 1. The SMILES string of the molecule is C=Cc1ccc2c(c1)C1(c3cc(C=C)ccc3-2)c2ccccc2-c2cccc(-c3cccc(N(c4ccc5c(c4)C(C)(C)c4ccccc4-5)c4ccccc4-c4ccccc4)c3)c21. The zero-order valence-electron chi connectivity index (χ0n) is 35.6. The van der Waals surface area contributed by atoms with E-state index in [1.54, 1.807) is 0 Å². The summed E-state index contributed by atoms with van der Waals surface area (Å²) in [5.74, 6) is 0. The third kappa shape index (κ3) is 5.23. The van der Waals surface area contributed by atoms with Crippen LogP contribution in [0.25, 0.3) is 67.8 Å². The molecule has 0 aromatic heterocycles. The van der Waals surface area contributed by atoms with Gasteiger partial charge in [0.2, 0.25) is 0 Å². The molecule has 0 N–H and O–H groups in total. The van der Waals surface area contributed by atoms with Gasteiger partial charge in [0, 0.05) is 22.4 Å². The number of hydrogen-bond donors (Lipinski definition) is 0. The number of para-hydroxylation sites is 1. The Kier molecular flexibility index (Phi) is 8.17. The number of rotatable bonds is 7. The molecule has 0 radical (unpaired) electrons. The van der Waals surface area contributed by atoms with Crippen molar-refractivity contribution in [3.8, 4) is 55.6 Å². The first-order valence-corrected chi connectivity index (χ1v) is 22.0. The molecule has 0 amide bonds. The van der Waals surface area contributed by atoms with Gasteiger partial charge >= 0.3 is 0 Å². The third-order valence-electron chi connectivity index (χ3n) is 14.2. The molecule has 0 fully saturated rings. The van der Waals surface area contributed by atoms with Crippen LogP contribution in [0.3, 0.4) is 0 Å². The van der Waals surface area contributed by atoms with Crippen molar-refractivity contribution in [1.82, 2.24) is 0 Å². The Morgan fingerprint density at radius 2 is 0.873 bits per heavy atom. The minimum absolute atomic E-state index is 0.146. The third-order valence-corrected chi connectivity index (χ3v) is 14.2. The van der Waals surface area contributed by atoms with E-state index in [9.17, 15) is 0 Å². The van der Waals surface area contributed by atoms with Crippen LogP contribution in [-0.2, 0) is 10.8 Å². The number of fused-ring (bicyclic) bond motifs is 13. The normalized spacial score (nSPS) is 13.9. The fourth-order valence-electron chi connectivity index (χ4n) is 11.4. The molecular weight excluding hydrogens is 759 g/mol. The summed E-state index contributed by atoms with van der Waals surface area (Å²) in [6.07, 6.45) is 3.95. The summed E-state index contributed by atoms with van der Waals surface area (Å²) in [7, 11) is 0. The Morgan fingerprint density at radius 3 is 1.59 bits per heavy atom. The fraction of sp³-hybridized carbons (Fsp3) is 0.0645. The molecule has 1 heteroatoms. The number of anilines is 3. The van der Waals surface area contributed by atoms with E-state index in [0.717, 1.165) is 28.2 Å². The van der Waals surface area contributed by atoms with Crippen LogP contribution in [0.2, 0.25) is 0 Å². The van der Waals surface area contributed by atoms with Crippen molar-refractivity contribution < 1.29 is 0 Å². The van der Waals surface area contributed by atoms with Gasteiger partial charge in [-0.05, 0) is 137 Å². The lowest BCUT2D eigenvalue weighted by atomic mass is 9.68. The van der Waals surface area contributed by atoms with Gasteiger partial charge in [0.05, 0.1) is 11.1 Å². The Bertz CT molecular complexity index is 3310. The van der Waals surface area contributed by atoms with Gasteiger partial charge < -0.3 is 4.90 Å². The Labute approximate surface area is 370 Å². The van der Waals surface area contributed by atoms with E-state index in [4.69, 9.17) is 0 Å². The minimum atomic E-state index is -0.554. The van der Waals surface area contributed by atoms with E-state index in [-0.39, 0.29) is 5.41 Å². The summed E-state index contributed by atoms with van der Waals surface area (Å²) in [4.78, 5) is 2.48. The molecule has 9 aromatic rings. The van der Waals surface area contributed by atoms with Crippen LogP contribution < -0.4 is 4.90 Å². The standard InChI is InChI=1S/C62H45N/c1-5-40-30-33-51-52-34-31-41(6-2)37-58(52)62(57(51)36-40)55-28-14-11-24-49(55)53-26-17-25-47(60(53)62)43-20-16-21-44(38-43)63(59-29-15-12-22-46(59)42-18-8-7-9-19-42)45-32-35-50-48-23-10-13-27-54(48)61(3,4)56(50)39-45/h5-39H,1-2H2,3-4H3. The molecule has 0 heterocycles. The maximum absolute atomic E-state index is 4.22. The molecule has 298 valence electrons. The molecule has 9 aromatic carbocycles. The average molecular weight is 804 g/mol. The zero-order chi connectivity index (χ0) is 42.5. The van der Waals surface area contributed by atoms with Crippen LogP contribution in [0, 0.1) is 0 Å². The van der Waals surface area contributed by atoms with E-state index in [2.05, 4.69) is 232 Å². The first-order valence-electron chi connectivity index (χ1n) is 22.0. The van der Waals surface area contributed by atoms with Crippen molar-refractivity contribution in [2.45, 2.75) is 24.7 Å².